The third-order valence-corrected chi connectivity index (χ3v) is 10.9. The summed E-state index contributed by atoms with van der Waals surface area (Å²) in [5.41, 5.74) is 1.99. The van der Waals surface area contributed by atoms with Crippen molar-refractivity contribution in [1.82, 2.24) is 5.32 Å². The van der Waals surface area contributed by atoms with E-state index in [0.29, 0.717) is 11.5 Å². The van der Waals surface area contributed by atoms with Gasteiger partial charge in [-0.15, -0.1) is 0 Å². The molecule has 0 radical (unpaired) electrons. The fraction of sp³-hybridized carbons (Fsp3) is 0.800. The van der Waals surface area contributed by atoms with Crippen molar-refractivity contribution >= 4 is 0 Å². The molecule has 1 aromatic rings. The zero-order chi connectivity index (χ0) is 22.1. The maximum atomic E-state index is 5.52. The number of methoxy groups -OCH3 is 1. The lowest BCUT2D eigenvalue weighted by molar-refractivity contribution is -0.0753. The summed E-state index contributed by atoms with van der Waals surface area (Å²) in [6.45, 7) is 7.14. The van der Waals surface area contributed by atoms with Crippen molar-refractivity contribution in [2.24, 2.45) is 46.8 Å². The van der Waals surface area contributed by atoms with Crippen molar-refractivity contribution in [2.75, 3.05) is 13.7 Å². The zero-order valence-corrected chi connectivity index (χ0v) is 20.9. The summed E-state index contributed by atoms with van der Waals surface area (Å²) in [7, 11) is 1.89. The second-order valence-electron chi connectivity index (χ2n) is 12.2. The fourth-order valence-corrected chi connectivity index (χ4v) is 9.45. The van der Waals surface area contributed by atoms with E-state index in [0.717, 1.165) is 54.6 Å². The Kier molecular flexibility index (Phi) is 7.01. The summed E-state index contributed by atoms with van der Waals surface area (Å²) in [5.74, 6) is 6.76. The highest BCUT2D eigenvalue weighted by atomic mass is 16.5. The smallest absolute Gasteiger partial charge is 0.0490 e. The summed E-state index contributed by atoms with van der Waals surface area (Å²) in [4.78, 5) is 0. The SMILES string of the molecule is CC[C@@H](NCc1ccccc1)C1CC[C@H]2[C@@H]3CC[C@@H]4C[C@@H](COC)CC[C@@H]4[C@H]3CC[C@]12C. The molecule has 1 N–H and O–H groups in total. The Labute approximate surface area is 197 Å². The Morgan fingerprint density at radius 3 is 2.56 bits per heavy atom. The van der Waals surface area contributed by atoms with Crippen molar-refractivity contribution in [3.63, 3.8) is 0 Å². The Morgan fingerprint density at radius 2 is 1.78 bits per heavy atom. The van der Waals surface area contributed by atoms with E-state index in [-0.39, 0.29) is 0 Å². The van der Waals surface area contributed by atoms with Gasteiger partial charge in [0.05, 0.1) is 0 Å². The highest BCUT2D eigenvalue weighted by Gasteiger charge is 2.57. The summed E-state index contributed by atoms with van der Waals surface area (Å²) < 4.78 is 5.52. The van der Waals surface area contributed by atoms with Gasteiger partial charge in [0.2, 0.25) is 0 Å². The minimum Gasteiger partial charge on any atom is -0.384 e. The highest BCUT2D eigenvalue weighted by molar-refractivity contribution is 5.15. The molecule has 0 aliphatic heterocycles. The number of benzene rings is 1. The third-order valence-electron chi connectivity index (χ3n) is 10.9. The average Bonchev–Trinajstić information content (AvgIpc) is 3.17. The molecule has 0 heterocycles. The van der Waals surface area contributed by atoms with Gasteiger partial charge in [0.1, 0.15) is 0 Å². The molecule has 4 saturated carbocycles. The monoisotopic (exact) mass is 437 g/mol. The van der Waals surface area contributed by atoms with Gasteiger partial charge in [0.15, 0.2) is 0 Å². The van der Waals surface area contributed by atoms with Crippen LogP contribution in [0.3, 0.4) is 0 Å². The molecule has 5 rings (SSSR count). The van der Waals surface area contributed by atoms with Gasteiger partial charge in [-0.1, -0.05) is 44.2 Å². The number of hydrogen-bond donors (Lipinski definition) is 1. The Bertz CT molecular complexity index is 734. The van der Waals surface area contributed by atoms with E-state index in [4.69, 9.17) is 4.74 Å². The number of nitrogens with one attached hydrogen (secondary N) is 1. The van der Waals surface area contributed by atoms with Crippen LogP contribution in [0.15, 0.2) is 30.3 Å². The predicted molar refractivity (Wildman–Crippen MR) is 133 cm³/mol. The van der Waals surface area contributed by atoms with Crippen molar-refractivity contribution in [3.05, 3.63) is 35.9 Å². The topological polar surface area (TPSA) is 21.3 Å². The van der Waals surface area contributed by atoms with Crippen LogP contribution in [-0.4, -0.2) is 19.8 Å². The normalized spacial score (nSPS) is 42.0. The van der Waals surface area contributed by atoms with Crippen LogP contribution in [0, 0.1) is 46.8 Å². The predicted octanol–water partition coefficient (Wildman–Crippen LogP) is 7.09. The lowest BCUT2D eigenvalue weighted by Gasteiger charge is -2.57. The summed E-state index contributed by atoms with van der Waals surface area (Å²) in [6.07, 6.45) is 14.6. The minimum atomic E-state index is 0.561. The molecule has 32 heavy (non-hydrogen) atoms. The first kappa shape index (κ1) is 22.9. The van der Waals surface area contributed by atoms with Crippen molar-refractivity contribution < 1.29 is 4.74 Å². The Hall–Kier alpha value is -0.860. The van der Waals surface area contributed by atoms with E-state index in [1.165, 1.54) is 69.8 Å². The van der Waals surface area contributed by atoms with Crippen molar-refractivity contribution in [3.8, 4) is 0 Å². The first-order valence-electron chi connectivity index (χ1n) is 13.9. The molecule has 4 aliphatic rings. The van der Waals surface area contributed by atoms with Gasteiger partial charge in [-0.25, -0.2) is 0 Å². The first-order valence-corrected chi connectivity index (χ1v) is 13.9. The molecule has 9 atom stereocenters. The van der Waals surface area contributed by atoms with Gasteiger partial charge in [0, 0.05) is 26.3 Å². The second kappa shape index (κ2) is 9.79. The lowest BCUT2D eigenvalue weighted by Crippen LogP contribution is -2.51. The van der Waals surface area contributed by atoms with Crippen LogP contribution in [-0.2, 0) is 11.3 Å². The van der Waals surface area contributed by atoms with Crippen LogP contribution in [0.5, 0.6) is 0 Å². The van der Waals surface area contributed by atoms with E-state index >= 15 is 0 Å². The molecule has 2 heteroatoms. The minimum absolute atomic E-state index is 0.561. The van der Waals surface area contributed by atoms with Gasteiger partial charge < -0.3 is 10.1 Å². The molecule has 0 spiro atoms. The highest BCUT2D eigenvalue weighted by Crippen LogP contribution is 2.65. The van der Waals surface area contributed by atoms with E-state index in [1.54, 1.807) is 0 Å². The number of rotatable bonds is 7. The van der Waals surface area contributed by atoms with Crippen LogP contribution in [0.25, 0.3) is 0 Å². The molecular formula is C30H47NO. The zero-order valence-electron chi connectivity index (χ0n) is 20.9. The van der Waals surface area contributed by atoms with Crippen LogP contribution < -0.4 is 5.32 Å². The van der Waals surface area contributed by atoms with E-state index in [9.17, 15) is 0 Å². The molecule has 0 aromatic heterocycles. The molecule has 0 bridgehead atoms. The Morgan fingerprint density at radius 1 is 0.969 bits per heavy atom. The molecule has 1 unspecified atom stereocenters. The standard InChI is InChI=1S/C30H47NO/c1-4-29(31-19-21-8-6-5-7-9-21)28-15-14-27-26-13-11-23-18-22(20-32-3)10-12-24(23)25(26)16-17-30(27,28)2/h5-9,22-29,31H,4,10-20H2,1-3H3/t22-,23+,24-,25+,26+,27-,28?,29+,30-/m0/s1. The fourth-order valence-electron chi connectivity index (χ4n) is 9.45. The first-order chi connectivity index (χ1) is 15.6. The van der Waals surface area contributed by atoms with Gasteiger partial charge in [0.25, 0.3) is 0 Å². The van der Waals surface area contributed by atoms with Crippen molar-refractivity contribution in [1.29, 1.82) is 0 Å². The van der Waals surface area contributed by atoms with E-state index in [2.05, 4.69) is 49.5 Å². The van der Waals surface area contributed by atoms with E-state index < -0.39 is 0 Å². The molecule has 0 amide bonds. The largest absolute Gasteiger partial charge is 0.384 e. The van der Waals surface area contributed by atoms with Crippen molar-refractivity contribution in [2.45, 2.75) is 90.6 Å². The summed E-state index contributed by atoms with van der Waals surface area (Å²) in [5, 5.41) is 4.01. The number of fused-ring (bicyclic) bond motifs is 5. The maximum absolute atomic E-state index is 5.52. The summed E-state index contributed by atoms with van der Waals surface area (Å²) >= 11 is 0. The molecule has 2 nitrogen and oxygen atoms in total. The quantitative estimate of drug-likeness (QED) is 0.492. The Balaban J connectivity index is 1.25. The second-order valence-corrected chi connectivity index (χ2v) is 12.2. The van der Waals surface area contributed by atoms with Crippen LogP contribution in [0.2, 0.25) is 0 Å². The van der Waals surface area contributed by atoms with Gasteiger partial charge in [-0.2, -0.15) is 0 Å². The molecular weight excluding hydrogens is 390 g/mol. The number of hydrogen-bond acceptors (Lipinski definition) is 2. The molecule has 1 aromatic carbocycles. The molecule has 0 saturated heterocycles. The maximum Gasteiger partial charge on any atom is 0.0490 e. The lowest BCUT2D eigenvalue weighted by atomic mass is 9.49. The molecule has 178 valence electrons. The van der Waals surface area contributed by atoms with Gasteiger partial charge >= 0.3 is 0 Å². The van der Waals surface area contributed by atoms with Gasteiger partial charge in [-0.3, -0.25) is 0 Å². The van der Waals surface area contributed by atoms with Gasteiger partial charge in [-0.05, 0) is 117 Å². The molecule has 4 aliphatic carbocycles. The van der Waals surface area contributed by atoms with Crippen LogP contribution >= 0.6 is 0 Å². The third kappa shape index (κ3) is 4.20. The summed E-state index contributed by atoms with van der Waals surface area (Å²) in [6, 6.07) is 11.7. The average molecular weight is 438 g/mol. The van der Waals surface area contributed by atoms with E-state index in [1.807, 2.05) is 7.11 Å². The number of ether oxygens (including phenoxy) is 1. The molecule has 4 fully saturated rings. The van der Waals surface area contributed by atoms with Crippen LogP contribution in [0.4, 0.5) is 0 Å². The van der Waals surface area contributed by atoms with Crippen LogP contribution in [0.1, 0.15) is 83.6 Å².